The van der Waals surface area contributed by atoms with Crippen molar-refractivity contribution in [2.75, 3.05) is 13.4 Å². The maximum absolute atomic E-state index is 13.6. The van der Waals surface area contributed by atoms with Crippen LogP contribution in [0.15, 0.2) is 94.7 Å². The standard InChI is InChI=1S/C26H22N2O5S/c1-33-26(30)20-13-11-18(12-14-20)17-28-25(29)24(19-7-4-3-5-8-19)23(16-27-28)21-9-6-10-22(15-21)34(2,31)32/h3-16H,17H2,1-2H3. The Labute approximate surface area is 197 Å². The van der Waals surface area contributed by atoms with Crippen LogP contribution in [-0.4, -0.2) is 37.5 Å². The molecule has 1 heterocycles. The summed E-state index contributed by atoms with van der Waals surface area (Å²) in [5.74, 6) is -0.436. The van der Waals surface area contributed by atoms with Gasteiger partial charge in [-0.1, -0.05) is 54.6 Å². The zero-order chi connectivity index (χ0) is 24.3. The van der Waals surface area contributed by atoms with Crippen LogP contribution in [0.25, 0.3) is 22.3 Å². The molecule has 0 spiro atoms. The predicted octanol–water partition coefficient (Wildman–Crippen LogP) is 3.82. The zero-order valence-electron chi connectivity index (χ0n) is 18.6. The number of carbonyl (C=O) groups is 1. The smallest absolute Gasteiger partial charge is 0.337 e. The van der Waals surface area contributed by atoms with Crippen LogP contribution in [0.2, 0.25) is 0 Å². The Balaban J connectivity index is 1.82. The van der Waals surface area contributed by atoms with Crippen LogP contribution >= 0.6 is 0 Å². The van der Waals surface area contributed by atoms with E-state index in [4.69, 9.17) is 4.74 Å². The summed E-state index contributed by atoms with van der Waals surface area (Å²) in [5, 5.41) is 4.36. The van der Waals surface area contributed by atoms with Gasteiger partial charge < -0.3 is 4.74 Å². The van der Waals surface area contributed by atoms with Crippen molar-refractivity contribution in [1.82, 2.24) is 9.78 Å². The first-order chi connectivity index (χ1) is 16.3. The summed E-state index contributed by atoms with van der Waals surface area (Å²) in [5.41, 5.74) is 3.13. The molecule has 172 valence electrons. The van der Waals surface area contributed by atoms with Gasteiger partial charge in [-0.15, -0.1) is 0 Å². The summed E-state index contributed by atoms with van der Waals surface area (Å²) in [6, 6.07) is 22.4. The second kappa shape index (κ2) is 9.44. The number of aromatic nitrogens is 2. The highest BCUT2D eigenvalue weighted by Crippen LogP contribution is 2.30. The number of nitrogens with zero attached hydrogens (tertiary/aromatic N) is 2. The SMILES string of the molecule is COC(=O)c1ccc(Cn2ncc(-c3cccc(S(C)(=O)=O)c3)c(-c3ccccc3)c2=O)cc1. The van der Waals surface area contributed by atoms with Crippen LogP contribution in [0.3, 0.4) is 0 Å². The Bertz CT molecular complexity index is 1510. The van der Waals surface area contributed by atoms with Crippen molar-refractivity contribution in [3.63, 3.8) is 0 Å². The van der Waals surface area contributed by atoms with E-state index in [1.807, 2.05) is 30.3 Å². The molecule has 0 bridgehead atoms. The van der Waals surface area contributed by atoms with Gasteiger partial charge in [0.15, 0.2) is 9.84 Å². The molecule has 0 aliphatic rings. The van der Waals surface area contributed by atoms with Gasteiger partial charge in [-0.2, -0.15) is 5.10 Å². The molecule has 0 unspecified atom stereocenters. The minimum absolute atomic E-state index is 0.166. The van der Waals surface area contributed by atoms with Gasteiger partial charge >= 0.3 is 5.97 Å². The van der Waals surface area contributed by atoms with E-state index in [0.29, 0.717) is 27.8 Å². The van der Waals surface area contributed by atoms with E-state index in [9.17, 15) is 18.0 Å². The molecule has 0 saturated heterocycles. The molecule has 0 radical (unpaired) electrons. The number of esters is 1. The zero-order valence-corrected chi connectivity index (χ0v) is 19.5. The second-order valence-corrected chi connectivity index (χ2v) is 9.77. The fourth-order valence-electron chi connectivity index (χ4n) is 3.64. The van der Waals surface area contributed by atoms with Gasteiger partial charge in [-0.3, -0.25) is 4.79 Å². The lowest BCUT2D eigenvalue weighted by Crippen LogP contribution is -2.25. The number of hydrogen-bond donors (Lipinski definition) is 0. The molecule has 0 fully saturated rings. The van der Waals surface area contributed by atoms with Crippen LogP contribution in [0.1, 0.15) is 15.9 Å². The molecule has 0 atom stereocenters. The molecule has 0 aliphatic carbocycles. The minimum Gasteiger partial charge on any atom is -0.465 e. The summed E-state index contributed by atoms with van der Waals surface area (Å²) in [6.45, 7) is 0.198. The first-order valence-corrected chi connectivity index (χ1v) is 12.3. The van der Waals surface area contributed by atoms with Crippen LogP contribution in [0.4, 0.5) is 0 Å². The van der Waals surface area contributed by atoms with Gasteiger partial charge in [0.2, 0.25) is 0 Å². The van der Waals surface area contributed by atoms with E-state index in [-0.39, 0.29) is 17.0 Å². The number of sulfone groups is 1. The molecule has 4 rings (SSSR count). The van der Waals surface area contributed by atoms with E-state index < -0.39 is 15.8 Å². The van der Waals surface area contributed by atoms with Gasteiger partial charge in [-0.05, 0) is 41.0 Å². The first-order valence-electron chi connectivity index (χ1n) is 10.4. The van der Waals surface area contributed by atoms with Crippen molar-refractivity contribution in [1.29, 1.82) is 0 Å². The predicted molar refractivity (Wildman–Crippen MR) is 129 cm³/mol. The highest BCUT2D eigenvalue weighted by atomic mass is 32.2. The number of rotatable bonds is 6. The van der Waals surface area contributed by atoms with Crippen molar-refractivity contribution >= 4 is 15.8 Å². The fraction of sp³-hybridized carbons (Fsp3) is 0.115. The number of hydrogen-bond acceptors (Lipinski definition) is 6. The first kappa shape index (κ1) is 23.1. The molecule has 0 saturated carbocycles. The van der Waals surface area contributed by atoms with E-state index in [0.717, 1.165) is 11.8 Å². The van der Waals surface area contributed by atoms with Gasteiger partial charge in [0.05, 0.1) is 35.9 Å². The summed E-state index contributed by atoms with van der Waals surface area (Å²) < 4.78 is 30.2. The van der Waals surface area contributed by atoms with Gasteiger partial charge in [0.1, 0.15) is 0 Å². The van der Waals surface area contributed by atoms with Crippen molar-refractivity contribution < 1.29 is 17.9 Å². The summed E-state index contributed by atoms with van der Waals surface area (Å²) in [6.07, 6.45) is 2.72. The highest BCUT2D eigenvalue weighted by molar-refractivity contribution is 7.90. The van der Waals surface area contributed by atoms with Gasteiger partial charge in [0.25, 0.3) is 5.56 Å². The van der Waals surface area contributed by atoms with E-state index in [2.05, 4.69) is 5.10 Å². The lowest BCUT2D eigenvalue weighted by atomic mass is 9.97. The number of benzene rings is 3. The van der Waals surface area contributed by atoms with Crippen LogP contribution < -0.4 is 5.56 Å². The van der Waals surface area contributed by atoms with E-state index in [1.165, 1.54) is 17.9 Å². The average molecular weight is 475 g/mol. The highest BCUT2D eigenvalue weighted by Gasteiger charge is 2.17. The quantitative estimate of drug-likeness (QED) is 0.394. The Morgan fingerprint density at radius 2 is 1.62 bits per heavy atom. The molecule has 4 aromatic rings. The van der Waals surface area contributed by atoms with E-state index >= 15 is 0 Å². The normalized spacial score (nSPS) is 11.2. The monoisotopic (exact) mass is 474 g/mol. The van der Waals surface area contributed by atoms with Crippen LogP contribution in [0.5, 0.6) is 0 Å². The second-order valence-electron chi connectivity index (χ2n) is 7.75. The minimum atomic E-state index is -3.42. The topological polar surface area (TPSA) is 95.3 Å². The molecule has 34 heavy (non-hydrogen) atoms. The Hall–Kier alpha value is -4.04. The third-order valence-electron chi connectivity index (χ3n) is 5.39. The molecule has 0 aliphatic heterocycles. The molecule has 1 aromatic heterocycles. The molecule has 8 heteroatoms. The molecular weight excluding hydrogens is 452 g/mol. The van der Waals surface area contributed by atoms with Crippen molar-refractivity contribution in [2.24, 2.45) is 0 Å². The van der Waals surface area contributed by atoms with Gasteiger partial charge in [-0.25, -0.2) is 17.9 Å². The lowest BCUT2D eigenvalue weighted by Gasteiger charge is -2.13. The third kappa shape index (κ3) is 4.82. The summed E-state index contributed by atoms with van der Waals surface area (Å²) in [4.78, 5) is 25.4. The number of carbonyl (C=O) groups excluding carboxylic acids is 1. The van der Waals surface area contributed by atoms with E-state index in [1.54, 1.807) is 48.7 Å². The van der Waals surface area contributed by atoms with Crippen LogP contribution in [0, 0.1) is 0 Å². The largest absolute Gasteiger partial charge is 0.465 e. The summed E-state index contributed by atoms with van der Waals surface area (Å²) >= 11 is 0. The maximum atomic E-state index is 13.6. The number of methoxy groups -OCH3 is 1. The Kier molecular flexibility index (Phi) is 6.43. The number of ether oxygens (including phenoxy) is 1. The average Bonchev–Trinajstić information content (AvgIpc) is 2.85. The maximum Gasteiger partial charge on any atom is 0.337 e. The lowest BCUT2D eigenvalue weighted by molar-refractivity contribution is 0.0600. The Morgan fingerprint density at radius 3 is 2.26 bits per heavy atom. The van der Waals surface area contributed by atoms with Crippen molar-refractivity contribution in [3.05, 3.63) is 107 Å². The molecule has 7 nitrogen and oxygen atoms in total. The third-order valence-corrected chi connectivity index (χ3v) is 6.50. The summed E-state index contributed by atoms with van der Waals surface area (Å²) in [7, 11) is -2.10. The molecular formula is C26H22N2O5S. The van der Waals surface area contributed by atoms with Crippen molar-refractivity contribution in [3.8, 4) is 22.3 Å². The van der Waals surface area contributed by atoms with Crippen molar-refractivity contribution in [2.45, 2.75) is 11.4 Å². The molecule has 0 amide bonds. The fourth-order valence-corrected chi connectivity index (χ4v) is 4.30. The molecule has 3 aromatic carbocycles. The molecule has 0 N–H and O–H groups in total. The van der Waals surface area contributed by atoms with Crippen LogP contribution in [-0.2, 0) is 21.1 Å². The van der Waals surface area contributed by atoms with Gasteiger partial charge in [0, 0.05) is 11.8 Å². The Morgan fingerprint density at radius 1 is 0.941 bits per heavy atom.